The molecule has 0 fully saturated rings. The van der Waals surface area contributed by atoms with Gasteiger partial charge in [-0.3, -0.25) is 0 Å². The van der Waals surface area contributed by atoms with Crippen LogP contribution in [0.3, 0.4) is 0 Å². The molecule has 126 valence electrons. The molecule has 4 heterocycles. The molecule has 0 radical (unpaired) electrons. The first-order chi connectivity index (χ1) is 11.5. The van der Waals surface area contributed by atoms with E-state index < -0.39 is 34.4 Å². The molecule has 0 aromatic heterocycles. The van der Waals surface area contributed by atoms with E-state index in [0.717, 1.165) is 17.0 Å². The SMILES string of the molecule is CN1C=C2C3=CC=C(CCc4c(F)c(F)c(c(F)c4F)CC3)N2[CH-]1. The molecule has 6 aliphatic rings. The lowest BCUT2D eigenvalue weighted by Crippen LogP contribution is -2.23. The number of allylic oxidation sites excluding steroid dienone is 4. The van der Waals surface area contributed by atoms with Crippen LogP contribution >= 0.6 is 0 Å². The van der Waals surface area contributed by atoms with Gasteiger partial charge in [-0.05, 0) is 56.3 Å². The Morgan fingerprint density at radius 1 is 0.833 bits per heavy atom. The molecule has 2 aliphatic carbocycles. The predicted octanol–water partition coefficient (Wildman–Crippen LogP) is 4.15. The minimum atomic E-state index is -1.27. The molecule has 24 heavy (non-hydrogen) atoms. The summed E-state index contributed by atoms with van der Waals surface area (Å²) in [6, 6.07) is 0. The number of benzene rings is 1. The topological polar surface area (TPSA) is 6.48 Å². The van der Waals surface area contributed by atoms with Gasteiger partial charge in [0, 0.05) is 16.8 Å². The molecule has 0 saturated heterocycles. The number of hydrogen-bond acceptors (Lipinski definition) is 2. The largest absolute Gasteiger partial charge is 0.510 e. The summed E-state index contributed by atoms with van der Waals surface area (Å²) in [6.45, 7) is 1.88. The van der Waals surface area contributed by atoms with Gasteiger partial charge in [0.2, 0.25) is 0 Å². The normalized spacial score (nSPS) is 19.6. The zero-order valence-corrected chi connectivity index (χ0v) is 13.0. The number of rotatable bonds is 0. The molecule has 0 spiro atoms. The van der Waals surface area contributed by atoms with Crippen molar-refractivity contribution in [3.05, 3.63) is 76.4 Å². The Morgan fingerprint density at radius 2 is 1.42 bits per heavy atom. The second-order valence-electron chi connectivity index (χ2n) is 6.23. The van der Waals surface area contributed by atoms with Gasteiger partial charge in [0.05, 0.1) is 0 Å². The highest BCUT2D eigenvalue weighted by Crippen LogP contribution is 2.38. The molecule has 2 nitrogen and oxygen atoms in total. The zero-order valence-electron chi connectivity index (χ0n) is 13.0. The van der Waals surface area contributed by atoms with Crippen LogP contribution in [0.2, 0.25) is 0 Å². The fraction of sp³-hybridized carbons (Fsp3) is 0.278. The maximum atomic E-state index is 14.2. The summed E-state index contributed by atoms with van der Waals surface area (Å²) < 4.78 is 56.8. The average Bonchev–Trinajstić information content (AvgIpc) is 2.94. The Labute approximate surface area is 137 Å². The highest BCUT2D eigenvalue weighted by Gasteiger charge is 2.28. The lowest BCUT2D eigenvalue weighted by Gasteiger charge is -2.39. The van der Waals surface area contributed by atoms with Crippen molar-refractivity contribution in [1.29, 1.82) is 0 Å². The van der Waals surface area contributed by atoms with Crippen molar-refractivity contribution in [2.45, 2.75) is 25.7 Å². The highest BCUT2D eigenvalue weighted by molar-refractivity contribution is 5.45. The van der Waals surface area contributed by atoms with E-state index in [9.17, 15) is 17.6 Å². The lowest BCUT2D eigenvalue weighted by atomic mass is 9.93. The molecule has 4 aliphatic heterocycles. The summed E-state index contributed by atoms with van der Waals surface area (Å²) >= 11 is 0. The van der Waals surface area contributed by atoms with E-state index in [1.165, 1.54) is 0 Å². The van der Waals surface area contributed by atoms with Gasteiger partial charge in [-0.25, -0.2) is 17.6 Å². The predicted molar refractivity (Wildman–Crippen MR) is 81.1 cm³/mol. The third-order valence-corrected chi connectivity index (χ3v) is 4.72. The molecule has 0 saturated carbocycles. The molecule has 0 N–H and O–H groups in total. The Balaban J connectivity index is 1.84. The molecular formula is C18H15F4N2-. The van der Waals surface area contributed by atoms with Gasteiger partial charge in [0.1, 0.15) is 0 Å². The van der Waals surface area contributed by atoms with Crippen LogP contribution in [0.15, 0.2) is 35.3 Å². The van der Waals surface area contributed by atoms with Crippen LogP contribution in [0.5, 0.6) is 0 Å². The van der Waals surface area contributed by atoms with Gasteiger partial charge in [-0.1, -0.05) is 6.08 Å². The van der Waals surface area contributed by atoms with Crippen molar-refractivity contribution in [1.82, 2.24) is 9.80 Å². The minimum Gasteiger partial charge on any atom is -0.510 e. The third-order valence-electron chi connectivity index (χ3n) is 4.72. The first-order valence-corrected chi connectivity index (χ1v) is 7.79. The van der Waals surface area contributed by atoms with Crippen molar-refractivity contribution in [2.75, 3.05) is 7.05 Å². The van der Waals surface area contributed by atoms with Gasteiger partial charge in [0.25, 0.3) is 0 Å². The summed E-state index contributed by atoms with van der Waals surface area (Å²) in [7, 11) is 1.88. The molecule has 0 amide bonds. The standard InChI is InChI=1S/C18H15F4N2/c1-23-8-14-10-2-4-11(24(14)9-23)5-7-13-17(21)15(19)12(6-3-10)16(20)18(13)22/h2,4,8-9H,3,5-7H2,1H3/q-1. The fourth-order valence-electron chi connectivity index (χ4n) is 3.45. The molecule has 4 bridgehead atoms. The Bertz CT molecular complexity index is 794. The molecule has 0 atom stereocenters. The summed E-state index contributed by atoms with van der Waals surface area (Å²) in [5, 5.41) is 0. The van der Waals surface area contributed by atoms with Gasteiger partial charge in [-0.2, -0.15) is 6.67 Å². The molecule has 1 aromatic rings. The van der Waals surface area contributed by atoms with Crippen LogP contribution in [0, 0.1) is 29.9 Å². The monoisotopic (exact) mass is 335 g/mol. The lowest BCUT2D eigenvalue weighted by molar-refractivity contribution is 0.399. The van der Waals surface area contributed by atoms with Crippen LogP contribution in [-0.2, 0) is 12.8 Å². The maximum Gasteiger partial charge on any atom is 0.165 e. The second-order valence-corrected chi connectivity index (χ2v) is 6.23. The van der Waals surface area contributed by atoms with Gasteiger partial charge < -0.3 is 9.80 Å². The van der Waals surface area contributed by atoms with Crippen molar-refractivity contribution in [2.24, 2.45) is 0 Å². The molecule has 1 aromatic carbocycles. The Morgan fingerprint density at radius 3 is 2.04 bits per heavy atom. The zero-order chi connectivity index (χ0) is 17.0. The number of hydrogen-bond donors (Lipinski definition) is 0. The fourth-order valence-corrected chi connectivity index (χ4v) is 3.45. The van der Waals surface area contributed by atoms with Gasteiger partial charge in [0.15, 0.2) is 23.3 Å². The summed E-state index contributed by atoms with van der Waals surface area (Å²) in [5.74, 6) is -5.08. The smallest absolute Gasteiger partial charge is 0.165 e. The Hall–Kier alpha value is -2.24. The summed E-state index contributed by atoms with van der Waals surface area (Å²) in [4.78, 5) is 3.85. The van der Waals surface area contributed by atoms with Crippen LogP contribution < -0.4 is 0 Å². The minimum absolute atomic E-state index is 0.102. The van der Waals surface area contributed by atoms with E-state index in [2.05, 4.69) is 0 Å². The first kappa shape index (κ1) is 15.3. The Kier molecular flexibility index (Phi) is 3.44. The molecule has 7 rings (SSSR count). The third kappa shape index (κ3) is 2.16. The first-order valence-electron chi connectivity index (χ1n) is 7.79. The summed E-state index contributed by atoms with van der Waals surface area (Å²) in [5.41, 5.74) is 1.60. The molecule has 0 unspecified atom stereocenters. The van der Waals surface area contributed by atoms with Crippen LogP contribution in [0.4, 0.5) is 17.6 Å². The van der Waals surface area contributed by atoms with Crippen LogP contribution in [0.25, 0.3) is 0 Å². The molecule has 6 heteroatoms. The quantitative estimate of drug-likeness (QED) is 0.399. The van der Waals surface area contributed by atoms with Crippen molar-refractivity contribution in [3.63, 3.8) is 0 Å². The summed E-state index contributed by atoms with van der Waals surface area (Å²) in [6.07, 6.45) is 6.11. The van der Waals surface area contributed by atoms with Crippen molar-refractivity contribution >= 4 is 0 Å². The van der Waals surface area contributed by atoms with Gasteiger partial charge >= 0.3 is 0 Å². The van der Waals surface area contributed by atoms with E-state index in [1.54, 1.807) is 0 Å². The van der Waals surface area contributed by atoms with E-state index >= 15 is 0 Å². The van der Waals surface area contributed by atoms with Gasteiger partial charge in [-0.15, -0.1) is 0 Å². The van der Waals surface area contributed by atoms with E-state index in [-0.39, 0.29) is 19.3 Å². The van der Waals surface area contributed by atoms with E-state index in [1.807, 2.05) is 41.9 Å². The number of halogens is 4. The highest BCUT2D eigenvalue weighted by atomic mass is 19.2. The number of nitrogens with zero attached hydrogens (tertiary/aromatic N) is 2. The van der Waals surface area contributed by atoms with E-state index in [0.29, 0.717) is 6.42 Å². The van der Waals surface area contributed by atoms with Crippen molar-refractivity contribution in [3.8, 4) is 0 Å². The molecular weight excluding hydrogens is 320 g/mol. The van der Waals surface area contributed by atoms with Crippen LogP contribution in [-0.4, -0.2) is 16.8 Å². The van der Waals surface area contributed by atoms with Crippen LogP contribution in [0.1, 0.15) is 24.0 Å². The van der Waals surface area contributed by atoms with E-state index in [4.69, 9.17) is 0 Å². The average molecular weight is 335 g/mol. The van der Waals surface area contributed by atoms with Crippen molar-refractivity contribution < 1.29 is 17.6 Å². The second kappa shape index (κ2) is 5.40. The maximum absolute atomic E-state index is 14.2.